The van der Waals surface area contributed by atoms with Crippen LogP contribution in [0.3, 0.4) is 0 Å². The number of anilines is 1. The highest BCUT2D eigenvalue weighted by Crippen LogP contribution is 2.27. The average molecular weight is 249 g/mol. The second-order valence-corrected chi connectivity index (χ2v) is 4.12. The Morgan fingerprint density at radius 1 is 1.12 bits per heavy atom. The molecule has 88 valence electrons. The van der Waals surface area contributed by atoms with Crippen LogP contribution in [-0.4, -0.2) is 0 Å². The van der Waals surface area contributed by atoms with Gasteiger partial charge in [0.15, 0.2) is 0 Å². The number of nitrogens with one attached hydrogen (secondary N) is 1. The van der Waals surface area contributed by atoms with Crippen LogP contribution in [0.1, 0.15) is 5.56 Å². The Hall–Kier alpha value is -1.71. The fourth-order valence-electron chi connectivity index (χ4n) is 1.53. The summed E-state index contributed by atoms with van der Waals surface area (Å²) in [6, 6.07) is 12.9. The largest absolute Gasteiger partial charge is 0.457 e. The molecule has 0 saturated carbocycles. The molecule has 0 aromatic heterocycles. The third-order valence-electron chi connectivity index (χ3n) is 2.39. The van der Waals surface area contributed by atoms with Crippen LogP contribution in [0.5, 0.6) is 11.5 Å². The number of aryl methyl sites for hydroxylation is 1. The van der Waals surface area contributed by atoms with E-state index < -0.39 is 0 Å². The maximum absolute atomic E-state index is 5.88. The average Bonchev–Trinajstić information content (AvgIpc) is 2.29. The van der Waals surface area contributed by atoms with Crippen LogP contribution in [0.25, 0.3) is 0 Å². The molecule has 0 saturated heterocycles. The lowest BCUT2D eigenvalue weighted by Crippen LogP contribution is -2.07. The van der Waals surface area contributed by atoms with E-state index in [9.17, 15) is 0 Å². The molecule has 0 aliphatic heterocycles. The summed E-state index contributed by atoms with van der Waals surface area (Å²) >= 11 is 5.88. The van der Waals surface area contributed by atoms with Crippen molar-refractivity contribution >= 4 is 17.3 Å². The van der Waals surface area contributed by atoms with E-state index in [0.29, 0.717) is 10.8 Å². The summed E-state index contributed by atoms with van der Waals surface area (Å²) in [4.78, 5) is 0. The van der Waals surface area contributed by atoms with Crippen molar-refractivity contribution in [3.8, 4) is 11.5 Å². The molecular formula is C13H13ClN2O. The van der Waals surface area contributed by atoms with Gasteiger partial charge in [0.2, 0.25) is 0 Å². The van der Waals surface area contributed by atoms with Crippen molar-refractivity contribution in [2.75, 3.05) is 5.43 Å². The first-order chi connectivity index (χ1) is 8.19. The number of rotatable bonds is 3. The van der Waals surface area contributed by atoms with Crippen molar-refractivity contribution in [2.45, 2.75) is 6.92 Å². The van der Waals surface area contributed by atoms with Gasteiger partial charge in [-0.3, -0.25) is 5.84 Å². The summed E-state index contributed by atoms with van der Waals surface area (Å²) in [5.74, 6) is 6.83. The number of hydrazine groups is 1. The first kappa shape index (κ1) is 11.8. The van der Waals surface area contributed by atoms with E-state index >= 15 is 0 Å². The van der Waals surface area contributed by atoms with Crippen LogP contribution in [-0.2, 0) is 0 Å². The zero-order valence-electron chi connectivity index (χ0n) is 9.41. The zero-order valence-corrected chi connectivity index (χ0v) is 10.2. The van der Waals surface area contributed by atoms with Gasteiger partial charge in [-0.2, -0.15) is 0 Å². The molecule has 0 radical (unpaired) electrons. The molecule has 0 heterocycles. The topological polar surface area (TPSA) is 47.3 Å². The molecule has 0 atom stereocenters. The molecule has 0 bridgehead atoms. The van der Waals surface area contributed by atoms with Crippen LogP contribution >= 0.6 is 11.6 Å². The van der Waals surface area contributed by atoms with Crippen molar-refractivity contribution in [3.05, 3.63) is 53.1 Å². The van der Waals surface area contributed by atoms with E-state index in [2.05, 4.69) is 5.43 Å². The second kappa shape index (κ2) is 5.08. The van der Waals surface area contributed by atoms with E-state index in [4.69, 9.17) is 22.2 Å². The van der Waals surface area contributed by atoms with E-state index in [1.54, 1.807) is 12.1 Å². The number of benzene rings is 2. The van der Waals surface area contributed by atoms with Gasteiger partial charge in [0.25, 0.3) is 0 Å². The number of nitrogens with two attached hydrogens (primary N) is 1. The highest BCUT2D eigenvalue weighted by molar-refractivity contribution is 6.30. The number of nitrogen functional groups attached to an aromatic ring is 1. The van der Waals surface area contributed by atoms with Gasteiger partial charge in [0.05, 0.1) is 5.69 Å². The van der Waals surface area contributed by atoms with Crippen molar-refractivity contribution in [2.24, 2.45) is 5.84 Å². The Bertz CT molecular complexity index is 529. The highest BCUT2D eigenvalue weighted by atomic mass is 35.5. The van der Waals surface area contributed by atoms with Gasteiger partial charge in [-0.05, 0) is 48.9 Å². The molecule has 0 unspecified atom stereocenters. The van der Waals surface area contributed by atoms with Crippen molar-refractivity contribution in [1.82, 2.24) is 0 Å². The molecule has 2 aromatic rings. The lowest BCUT2D eigenvalue weighted by Gasteiger charge is -2.09. The maximum Gasteiger partial charge on any atom is 0.128 e. The minimum absolute atomic E-state index is 0.652. The van der Waals surface area contributed by atoms with E-state index in [1.807, 2.05) is 37.3 Å². The quantitative estimate of drug-likeness (QED) is 0.643. The minimum Gasteiger partial charge on any atom is -0.457 e. The van der Waals surface area contributed by atoms with E-state index in [1.165, 1.54) is 0 Å². The lowest BCUT2D eigenvalue weighted by molar-refractivity contribution is 0.482. The highest BCUT2D eigenvalue weighted by Gasteiger charge is 2.01. The van der Waals surface area contributed by atoms with E-state index in [-0.39, 0.29) is 0 Å². The third-order valence-corrected chi connectivity index (χ3v) is 2.62. The normalized spacial score (nSPS) is 10.1. The minimum atomic E-state index is 0.652. The van der Waals surface area contributed by atoms with Crippen LogP contribution in [0, 0.1) is 6.92 Å². The second-order valence-electron chi connectivity index (χ2n) is 3.68. The summed E-state index contributed by atoms with van der Waals surface area (Å²) in [5.41, 5.74) is 4.52. The van der Waals surface area contributed by atoms with Gasteiger partial charge in [-0.25, -0.2) is 0 Å². The third kappa shape index (κ3) is 2.90. The molecule has 17 heavy (non-hydrogen) atoms. The van der Waals surface area contributed by atoms with Crippen LogP contribution in [0.4, 0.5) is 5.69 Å². The Balaban J connectivity index is 2.22. The number of ether oxygens (including phenoxy) is 1. The summed E-state index contributed by atoms with van der Waals surface area (Å²) in [6.45, 7) is 1.96. The van der Waals surface area contributed by atoms with Crippen LogP contribution < -0.4 is 16.0 Å². The van der Waals surface area contributed by atoms with E-state index in [0.717, 1.165) is 17.0 Å². The molecule has 0 fully saturated rings. The maximum atomic E-state index is 5.88. The standard InChI is InChI=1S/C13H13ClN2O/c1-9-7-12(5-6-13(9)16-15)17-11-4-2-3-10(14)8-11/h2-8,16H,15H2,1H3. The van der Waals surface area contributed by atoms with Crippen molar-refractivity contribution < 1.29 is 4.74 Å². The molecule has 0 aliphatic carbocycles. The SMILES string of the molecule is Cc1cc(Oc2cccc(Cl)c2)ccc1NN. The molecule has 0 aliphatic rings. The summed E-state index contributed by atoms with van der Waals surface area (Å²) in [6.07, 6.45) is 0. The van der Waals surface area contributed by atoms with Crippen molar-refractivity contribution in [1.29, 1.82) is 0 Å². The number of hydrogen-bond donors (Lipinski definition) is 2. The van der Waals surface area contributed by atoms with Gasteiger partial charge < -0.3 is 10.2 Å². The molecule has 2 aromatic carbocycles. The van der Waals surface area contributed by atoms with Gasteiger partial charge in [0, 0.05) is 5.02 Å². The molecule has 2 rings (SSSR count). The van der Waals surface area contributed by atoms with Crippen molar-refractivity contribution in [3.63, 3.8) is 0 Å². The predicted molar refractivity (Wildman–Crippen MR) is 70.5 cm³/mol. The Kier molecular flexibility index (Phi) is 3.52. The number of halogens is 1. The Morgan fingerprint density at radius 3 is 2.53 bits per heavy atom. The molecule has 0 amide bonds. The summed E-state index contributed by atoms with van der Waals surface area (Å²) < 4.78 is 5.69. The van der Waals surface area contributed by atoms with Gasteiger partial charge in [0.1, 0.15) is 11.5 Å². The first-order valence-electron chi connectivity index (χ1n) is 5.20. The fraction of sp³-hybridized carbons (Fsp3) is 0.0769. The lowest BCUT2D eigenvalue weighted by atomic mass is 10.2. The monoisotopic (exact) mass is 248 g/mol. The summed E-state index contributed by atoms with van der Waals surface area (Å²) in [5, 5.41) is 0.652. The van der Waals surface area contributed by atoms with Crippen LogP contribution in [0.2, 0.25) is 5.02 Å². The van der Waals surface area contributed by atoms with Gasteiger partial charge in [-0.15, -0.1) is 0 Å². The molecular weight excluding hydrogens is 236 g/mol. The molecule has 3 nitrogen and oxygen atoms in total. The molecule has 4 heteroatoms. The predicted octanol–water partition coefficient (Wildman–Crippen LogP) is 3.73. The molecule has 0 spiro atoms. The zero-order chi connectivity index (χ0) is 12.3. The Morgan fingerprint density at radius 2 is 1.88 bits per heavy atom. The Labute approximate surface area is 105 Å². The number of hydrogen-bond acceptors (Lipinski definition) is 3. The first-order valence-corrected chi connectivity index (χ1v) is 5.57. The summed E-state index contributed by atoms with van der Waals surface area (Å²) in [7, 11) is 0. The smallest absolute Gasteiger partial charge is 0.128 e. The van der Waals surface area contributed by atoms with Gasteiger partial charge >= 0.3 is 0 Å². The molecule has 3 N–H and O–H groups in total. The fourth-order valence-corrected chi connectivity index (χ4v) is 1.71. The van der Waals surface area contributed by atoms with Crippen LogP contribution in [0.15, 0.2) is 42.5 Å². The van der Waals surface area contributed by atoms with Gasteiger partial charge in [-0.1, -0.05) is 17.7 Å².